The second kappa shape index (κ2) is 38.6. The summed E-state index contributed by atoms with van der Waals surface area (Å²) in [6.45, 7) is 16.3. The number of hydrogen-bond acceptors (Lipinski definition) is 17. The Hall–Kier alpha value is -8.94. The molecule has 528 valence electrons. The maximum atomic E-state index is 13.2. The molecule has 0 saturated carbocycles. The normalized spacial score (nSPS) is 16.8. The Bertz CT molecular complexity index is 3520. The Kier molecular flexibility index (Phi) is 32.7. The number of nitrogens with one attached hydrogen (secondary N) is 2. The highest BCUT2D eigenvalue weighted by atomic mass is 35.5. The number of ether oxygens (including phenoxy) is 5. The van der Waals surface area contributed by atoms with E-state index >= 15 is 0 Å². The van der Waals surface area contributed by atoms with Crippen LogP contribution in [0.15, 0.2) is 107 Å². The van der Waals surface area contributed by atoms with Gasteiger partial charge in [-0.1, -0.05) is 0 Å². The van der Waals surface area contributed by atoms with Gasteiger partial charge in [-0.25, -0.2) is 58.9 Å². The molecule has 0 bridgehead atoms. The molecule has 2 aromatic heterocycles. The average molecular weight is 1410 g/mol. The van der Waals surface area contributed by atoms with Crippen LogP contribution < -0.4 is 41.7 Å². The van der Waals surface area contributed by atoms with E-state index in [0.29, 0.717) is 63.9 Å². The highest BCUT2D eigenvalue weighted by Crippen LogP contribution is 2.25. The minimum absolute atomic E-state index is 0. The van der Waals surface area contributed by atoms with Gasteiger partial charge >= 0.3 is 18.2 Å². The largest absolute Gasteiger partial charge is 0.508 e. The number of aliphatic hydroxyl groups excluding tert-OH is 1. The smallest absolute Gasteiger partial charge is 0.410 e. The second-order valence-corrected chi connectivity index (χ2v) is 23.8. The first-order chi connectivity index (χ1) is 44.4. The number of aliphatic hydroxyl groups is 1. The van der Waals surface area contributed by atoms with E-state index in [1.807, 2.05) is 20.8 Å². The number of aromatic nitrogens is 4. The van der Waals surface area contributed by atoms with Gasteiger partial charge in [0.2, 0.25) is 5.24 Å². The zero-order chi connectivity index (χ0) is 70.9. The number of amides is 4. The van der Waals surface area contributed by atoms with Gasteiger partial charge in [-0.05, 0) is 84.7 Å². The molecule has 0 spiro atoms. The summed E-state index contributed by atoms with van der Waals surface area (Å²) in [5.41, 5.74) is 3.82. The summed E-state index contributed by atoms with van der Waals surface area (Å²) >= 11 is 4.64. The lowest BCUT2D eigenvalue weighted by Crippen LogP contribution is -2.36. The number of carbonyl (C=O) groups excluding carboxylic acids is 4. The van der Waals surface area contributed by atoms with E-state index < -0.39 is 69.6 Å². The third-order valence-electron chi connectivity index (χ3n) is 12.5. The van der Waals surface area contributed by atoms with Crippen molar-refractivity contribution in [3.63, 3.8) is 0 Å². The number of nitrogen functional groups attached to an aromatic ring is 1. The van der Waals surface area contributed by atoms with Crippen molar-refractivity contribution in [2.45, 2.75) is 110 Å². The Balaban J connectivity index is 0.000000307. The number of rotatable bonds is 7. The molecule has 6 heterocycles. The molecule has 96 heavy (non-hydrogen) atoms. The van der Waals surface area contributed by atoms with Gasteiger partial charge in [-0.3, -0.25) is 19.7 Å². The number of aryl methyl sites for hydroxylation is 2. The molecular formula is C63H78Cl2F8N10O13. The fourth-order valence-corrected chi connectivity index (χ4v) is 8.47. The number of aromatic hydroxyl groups is 1. The summed E-state index contributed by atoms with van der Waals surface area (Å²) in [4.78, 5) is 71.2. The quantitative estimate of drug-likeness (QED) is 0.0734. The molecule has 4 aliphatic rings. The van der Waals surface area contributed by atoms with Gasteiger partial charge in [0, 0.05) is 152 Å². The number of nitrogens with two attached hydrogens (primary N) is 1. The number of likely N-dealkylation sites (tertiary alicyclic amines) is 3. The number of halogens is 10. The summed E-state index contributed by atoms with van der Waals surface area (Å²) in [7, 11) is 3.04. The van der Waals surface area contributed by atoms with Crippen molar-refractivity contribution in [3.05, 3.63) is 164 Å². The van der Waals surface area contributed by atoms with Gasteiger partial charge < -0.3 is 59.6 Å². The van der Waals surface area contributed by atoms with Crippen molar-refractivity contribution < 1.29 is 88.2 Å². The van der Waals surface area contributed by atoms with Gasteiger partial charge in [0.1, 0.15) is 105 Å². The number of carbonyl (C=O) groups is 4. The number of anilines is 2. The Morgan fingerprint density at radius 1 is 0.562 bits per heavy atom. The number of phenols is 1. The van der Waals surface area contributed by atoms with Crippen LogP contribution in [0.3, 0.4) is 0 Å². The molecule has 23 nitrogen and oxygen atoms in total. The fourth-order valence-electron chi connectivity index (χ4n) is 8.47. The number of β-amino-alcohol motifs (C(OH)–C–C–N with tert-alkyl or cyclic N) is 1. The van der Waals surface area contributed by atoms with Crippen LogP contribution >= 0.6 is 24.0 Å². The van der Waals surface area contributed by atoms with E-state index in [9.17, 15) is 69.0 Å². The Labute approximate surface area is 559 Å². The van der Waals surface area contributed by atoms with Crippen molar-refractivity contribution in [3.8, 4) is 23.0 Å². The molecule has 4 atom stereocenters. The van der Waals surface area contributed by atoms with Crippen LogP contribution in [-0.4, -0.2) is 156 Å². The first-order valence-corrected chi connectivity index (χ1v) is 29.7. The van der Waals surface area contributed by atoms with Crippen LogP contribution in [0.2, 0.25) is 0 Å². The lowest BCUT2D eigenvalue weighted by molar-refractivity contribution is -0.109. The SMILES string of the molecule is CC(=O)Cl.CC(C)(C)OC(=O)N1CC[C@@H](Oc2cc(F)cc(F)c2)C1.CC(C)(C)OC(=O)N1CC[C@H](O)C1.Cl.Cn1nc(N)ccc1=O.Cn1nc(NC(=O)N2CC[C@@H](Oc3cc(F)cc(F)c3)C2)ccc1=O.Fc1cc(F)cc(O[C@@H]2CCNC2)c1.Oc1cc(F)cc(F)c1. The summed E-state index contributed by atoms with van der Waals surface area (Å²) in [5.74, 6) is -4.87. The molecule has 0 radical (unpaired) electrons. The topological polar surface area (TPSA) is 284 Å². The van der Waals surface area contributed by atoms with Crippen molar-refractivity contribution >= 4 is 59.1 Å². The van der Waals surface area contributed by atoms with Crippen LogP contribution in [-0.2, 0) is 28.4 Å². The van der Waals surface area contributed by atoms with Crippen LogP contribution in [0.4, 0.5) is 61.1 Å². The Morgan fingerprint density at radius 2 is 0.927 bits per heavy atom. The number of urea groups is 1. The molecule has 4 saturated heterocycles. The molecule has 4 aliphatic heterocycles. The standard InChI is InChI=1S/C16H16F2N4O3.C15H19F2NO3.C10H11F2NO.C9H17NO3.C6H4F2O.C5H7N3O.C2H3ClO.ClH/c1-21-15(23)3-2-14(20-21)19-16(24)22-5-4-12(9-22)25-13-7-10(17)6-11(18)8-13;1-15(2,3)21-14(19)18-5-4-12(9-18)20-13-7-10(16)6-11(17)8-13;11-7-3-8(12)5-10(4-7)14-9-1-2-13-6-9;1-9(2,3)13-8(12)10-5-4-7(11)6-10;7-4-1-5(8)3-6(9)2-4;1-8-5(9)3-2-4(6)7-8;1-2(3)4;/h2-3,6-8,12H,4-5,9H2,1H3,(H,19,20,24);6-8,12H,4-5,9H2,1-3H3;3-5,9,13H,1-2,6H2;7,11H,4-6H2,1-3H3;1-3,9H;2-3H,1H3,(H2,6,7);1H3;1H/t2*12-;9-;7-;;;;/m1110..../s1. The molecule has 10 rings (SSSR count). The summed E-state index contributed by atoms with van der Waals surface area (Å²) in [6.07, 6.45) is 0.909. The monoisotopic (exact) mass is 1400 g/mol. The molecule has 4 fully saturated rings. The molecular weight excluding hydrogens is 1330 g/mol. The molecule has 33 heteroatoms. The van der Waals surface area contributed by atoms with Crippen LogP contribution in [0.1, 0.15) is 74.1 Å². The van der Waals surface area contributed by atoms with Gasteiger partial charge in [-0.2, -0.15) is 10.2 Å². The van der Waals surface area contributed by atoms with E-state index in [4.69, 9.17) is 34.5 Å². The van der Waals surface area contributed by atoms with Crippen molar-refractivity contribution in [1.82, 2.24) is 39.6 Å². The number of hydrogen-bond donors (Lipinski definition) is 5. The van der Waals surface area contributed by atoms with Gasteiger partial charge in [0.15, 0.2) is 5.82 Å². The zero-order valence-corrected chi connectivity index (χ0v) is 55.5. The maximum absolute atomic E-state index is 13.2. The predicted octanol–water partition coefficient (Wildman–Crippen LogP) is 10.0. The first-order valence-electron chi connectivity index (χ1n) is 29.3. The molecule has 4 amide bonds. The Morgan fingerprint density at radius 3 is 1.28 bits per heavy atom. The van der Waals surface area contributed by atoms with Gasteiger partial charge in [-0.15, -0.1) is 12.4 Å². The minimum Gasteiger partial charge on any atom is -0.508 e. The van der Waals surface area contributed by atoms with E-state index in [2.05, 4.69) is 32.4 Å². The highest BCUT2D eigenvalue weighted by Gasteiger charge is 2.32. The molecule has 0 unspecified atom stereocenters. The molecule has 4 aromatic carbocycles. The molecule has 6 N–H and O–H groups in total. The number of benzene rings is 4. The van der Waals surface area contributed by atoms with Crippen LogP contribution in [0.25, 0.3) is 0 Å². The predicted molar refractivity (Wildman–Crippen MR) is 341 cm³/mol. The fraction of sp³-hybridized carbons (Fsp3) is 0.429. The second-order valence-electron chi connectivity index (χ2n) is 23.3. The molecule has 6 aromatic rings. The minimum atomic E-state index is -0.771. The van der Waals surface area contributed by atoms with Gasteiger partial charge in [0.05, 0.1) is 19.2 Å². The van der Waals surface area contributed by atoms with Crippen LogP contribution in [0, 0.1) is 46.5 Å². The van der Waals surface area contributed by atoms with E-state index in [1.165, 1.54) is 69.8 Å². The van der Waals surface area contributed by atoms with Crippen molar-refractivity contribution in [1.29, 1.82) is 0 Å². The average Bonchev–Trinajstić information content (AvgIpc) is 2.24. The third kappa shape index (κ3) is 32.0. The van der Waals surface area contributed by atoms with Crippen molar-refractivity contribution in [2.75, 3.05) is 63.4 Å². The zero-order valence-electron chi connectivity index (χ0n) is 53.9. The van der Waals surface area contributed by atoms with E-state index in [0.717, 1.165) is 78.8 Å². The lowest BCUT2D eigenvalue weighted by atomic mass is 10.2. The summed E-state index contributed by atoms with van der Waals surface area (Å²) in [5, 5.41) is 30.6. The van der Waals surface area contributed by atoms with E-state index in [-0.39, 0.29) is 94.9 Å². The third-order valence-corrected chi connectivity index (χ3v) is 12.5. The lowest BCUT2D eigenvalue weighted by Gasteiger charge is -2.24. The van der Waals surface area contributed by atoms with E-state index in [1.54, 1.807) is 27.8 Å². The van der Waals surface area contributed by atoms with Gasteiger partial charge in [0.25, 0.3) is 11.1 Å². The van der Waals surface area contributed by atoms with Crippen molar-refractivity contribution in [2.24, 2.45) is 14.1 Å². The molecule has 0 aliphatic carbocycles. The summed E-state index contributed by atoms with van der Waals surface area (Å²) in [6, 6.07) is 16.8. The number of phenolic OH excluding ortho intramolecular Hbond substituents is 1. The van der Waals surface area contributed by atoms with Crippen LogP contribution in [0.5, 0.6) is 23.0 Å². The number of nitrogens with zero attached hydrogens (tertiary/aromatic N) is 7. The summed E-state index contributed by atoms with van der Waals surface area (Å²) < 4.78 is 131. The highest BCUT2D eigenvalue weighted by molar-refractivity contribution is 6.62. The first kappa shape index (κ1) is 81.3. The maximum Gasteiger partial charge on any atom is 0.410 e.